The van der Waals surface area contributed by atoms with E-state index in [9.17, 15) is 14.7 Å². The van der Waals surface area contributed by atoms with E-state index in [0.29, 0.717) is 10.3 Å². The summed E-state index contributed by atoms with van der Waals surface area (Å²) in [6, 6.07) is 13.8. The maximum Gasteiger partial charge on any atom is 0.342 e. The second-order valence-corrected chi connectivity index (χ2v) is 7.25. The Morgan fingerprint density at radius 2 is 1.87 bits per heavy atom. The highest BCUT2D eigenvalue weighted by Crippen LogP contribution is 2.29. The normalized spacial score (nSPS) is 10.7. The summed E-state index contributed by atoms with van der Waals surface area (Å²) in [6.07, 6.45) is 0. The molecule has 0 bridgehead atoms. The minimum atomic E-state index is -0.725. The van der Waals surface area contributed by atoms with Crippen molar-refractivity contribution >= 4 is 49.8 Å². The van der Waals surface area contributed by atoms with Crippen LogP contribution in [0, 0.1) is 0 Å². The summed E-state index contributed by atoms with van der Waals surface area (Å²) >= 11 is 4.55. The number of carbonyl (C=O) groups excluding carboxylic acids is 2. The minimum absolute atomic E-state index is 0.0452. The van der Waals surface area contributed by atoms with Gasteiger partial charge in [0, 0.05) is 5.39 Å². The molecule has 0 unspecified atom stereocenters. The van der Waals surface area contributed by atoms with E-state index in [4.69, 9.17) is 4.74 Å². The Balaban J connectivity index is 1.76. The van der Waals surface area contributed by atoms with Gasteiger partial charge in [-0.15, -0.1) is 11.3 Å². The molecule has 116 valence electrons. The van der Waals surface area contributed by atoms with Crippen molar-refractivity contribution < 1.29 is 19.4 Å². The van der Waals surface area contributed by atoms with Crippen LogP contribution < -0.4 is 0 Å². The van der Waals surface area contributed by atoms with Crippen LogP contribution in [0.4, 0.5) is 0 Å². The molecule has 0 radical (unpaired) electrons. The first-order chi connectivity index (χ1) is 11.1. The number of ketones is 1. The van der Waals surface area contributed by atoms with Gasteiger partial charge in [0.15, 0.2) is 6.61 Å². The minimum Gasteiger partial charge on any atom is -0.506 e. The number of halogens is 1. The Morgan fingerprint density at radius 3 is 2.61 bits per heavy atom. The molecule has 1 N–H and O–H groups in total. The molecule has 1 heterocycles. The van der Waals surface area contributed by atoms with Gasteiger partial charge in [-0.25, -0.2) is 4.79 Å². The Kier molecular flexibility index (Phi) is 4.45. The van der Waals surface area contributed by atoms with E-state index in [1.165, 1.54) is 17.4 Å². The number of fused-ring (bicyclic) bond motifs is 1. The van der Waals surface area contributed by atoms with Crippen LogP contribution in [-0.2, 0) is 4.74 Å². The van der Waals surface area contributed by atoms with Crippen molar-refractivity contribution in [1.82, 2.24) is 0 Å². The van der Waals surface area contributed by atoms with Gasteiger partial charge in [0.25, 0.3) is 0 Å². The Bertz CT molecular complexity index is 900. The number of thiophene rings is 1. The van der Waals surface area contributed by atoms with Crippen LogP contribution in [0.3, 0.4) is 0 Å². The summed E-state index contributed by atoms with van der Waals surface area (Å²) in [5.41, 5.74) is 0.0452. The third-order valence-electron chi connectivity index (χ3n) is 3.30. The fourth-order valence-corrected chi connectivity index (χ4v) is 3.47. The van der Waals surface area contributed by atoms with Crippen LogP contribution in [0.2, 0.25) is 0 Å². The van der Waals surface area contributed by atoms with Gasteiger partial charge in [-0.1, -0.05) is 30.3 Å². The van der Waals surface area contributed by atoms with Gasteiger partial charge in [-0.3, -0.25) is 4.79 Å². The lowest BCUT2D eigenvalue weighted by Gasteiger charge is -2.08. The molecule has 0 atom stereocenters. The third kappa shape index (κ3) is 3.28. The predicted molar refractivity (Wildman–Crippen MR) is 92.2 cm³/mol. The standard InChI is InChI=1S/C17H11BrO4S/c18-15-8-7-14(23-15)13(19)9-22-17(21)12-6-5-10-3-1-2-4-11(10)16(12)20/h1-8,20H,9H2. The number of benzene rings is 2. The second kappa shape index (κ2) is 6.52. The fourth-order valence-electron chi connectivity index (χ4n) is 2.16. The van der Waals surface area contributed by atoms with E-state index in [0.717, 1.165) is 9.17 Å². The fraction of sp³-hybridized carbons (Fsp3) is 0.0588. The number of hydrogen-bond acceptors (Lipinski definition) is 5. The average Bonchev–Trinajstić information content (AvgIpc) is 2.99. The molecule has 23 heavy (non-hydrogen) atoms. The molecule has 2 aromatic carbocycles. The van der Waals surface area contributed by atoms with Crippen molar-refractivity contribution in [1.29, 1.82) is 0 Å². The third-order valence-corrected chi connectivity index (χ3v) is 4.97. The number of rotatable bonds is 4. The molecule has 3 rings (SSSR count). The number of esters is 1. The number of ether oxygens (including phenoxy) is 1. The maximum absolute atomic E-state index is 12.1. The first-order valence-corrected chi connectivity index (χ1v) is 8.33. The van der Waals surface area contributed by atoms with E-state index in [2.05, 4.69) is 15.9 Å². The molecule has 4 nitrogen and oxygen atoms in total. The van der Waals surface area contributed by atoms with E-state index in [-0.39, 0.29) is 23.7 Å². The zero-order chi connectivity index (χ0) is 16.4. The Labute approximate surface area is 144 Å². The zero-order valence-corrected chi connectivity index (χ0v) is 14.2. The van der Waals surface area contributed by atoms with Gasteiger partial charge in [0.05, 0.1) is 8.66 Å². The lowest BCUT2D eigenvalue weighted by molar-refractivity contribution is 0.0473. The number of Topliss-reactive ketones (excluding diaryl/α,β-unsaturated/α-hetero) is 1. The SMILES string of the molecule is O=C(COC(=O)c1ccc2ccccc2c1O)c1ccc(Br)s1. The van der Waals surface area contributed by atoms with Crippen LogP contribution in [0.15, 0.2) is 52.3 Å². The van der Waals surface area contributed by atoms with Crippen molar-refractivity contribution in [2.45, 2.75) is 0 Å². The largest absolute Gasteiger partial charge is 0.506 e. The molecule has 0 amide bonds. The van der Waals surface area contributed by atoms with Crippen LogP contribution in [-0.4, -0.2) is 23.5 Å². The Morgan fingerprint density at radius 1 is 1.09 bits per heavy atom. The molecule has 1 aromatic heterocycles. The summed E-state index contributed by atoms with van der Waals surface area (Å²) < 4.78 is 5.86. The van der Waals surface area contributed by atoms with E-state index in [1.54, 1.807) is 30.3 Å². The van der Waals surface area contributed by atoms with E-state index in [1.807, 2.05) is 12.1 Å². The summed E-state index contributed by atoms with van der Waals surface area (Å²) in [6.45, 7) is -0.363. The molecular weight excluding hydrogens is 380 g/mol. The average molecular weight is 391 g/mol. The topological polar surface area (TPSA) is 63.6 Å². The number of aromatic hydroxyl groups is 1. The lowest BCUT2D eigenvalue weighted by atomic mass is 10.1. The zero-order valence-electron chi connectivity index (χ0n) is 11.8. The summed E-state index contributed by atoms with van der Waals surface area (Å²) in [5.74, 6) is -1.15. The van der Waals surface area contributed by atoms with Crippen molar-refractivity contribution in [3.63, 3.8) is 0 Å². The molecule has 0 saturated carbocycles. The van der Waals surface area contributed by atoms with Gasteiger partial charge in [-0.05, 0) is 39.5 Å². The lowest BCUT2D eigenvalue weighted by Crippen LogP contribution is -2.13. The van der Waals surface area contributed by atoms with Crippen LogP contribution in [0.1, 0.15) is 20.0 Å². The quantitative estimate of drug-likeness (QED) is 0.529. The summed E-state index contributed by atoms with van der Waals surface area (Å²) in [4.78, 5) is 24.6. The highest BCUT2D eigenvalue weighted by Gasteiger charge is 2.17. The second-order valence-electron chi connectivity index (χ2n) is 4.79. The van der Waals surface area contributed by atoms with Crippen molar-refractivity contribution in [2.24, 2.45) is 0 Å². The van der Waals surface area contributed by atoms with Crippen LogP contribution in [0.25, 0.3) is 10.8 Å². The smallest absolute Gasteiger partial charge is 0.342 e. The molecule has 0 spiro atoms. The molecule has 0 aliphatic rings. The summed E-state index contributed by atoms with van der Waals surface area (Å²) in [5, 5.41) is 11.6. The number of phenolic OH excluding ortho intramolecular Hbond substituents is 1. The molecule has 6 heteroatoms. The van der Waals surface area contributed by atoms with Crippen molar-refractivity contribution in [2.75, 3.05) is 6.61 Å². The summed E-state index contributed by atoms with van der Waals surface area (Å²) in [7, 11) is 0. The highest BCUT2D eigenvalue weighted by molar-refractivity contribution is 9.11. The number of phenols is 1. The van der Waals surface area contributed by atoms with Gasteiger partial charge in [0.2, 0.25) is 5.78 Å². The number of carbonyl (C=O) groups is 2. The van der Waals surface area contributed by atoms with Gasteiger partial charge < -0.3 is 9.84 Å². The first kappa shape index (κ1) is 15.7. The molecular formula is C17H11BrO4S. The number of hydrogen-bond donors (Lipinski definition) is 1. The predicted octanol–water partition coefficient (Wildman–Crippen LogP) is 4.41. The highest BCUT2D eigenvalue weighted by atomic mass is 79.9. The van der Waals surface area contributed by atoms with Crippen molar-refractivity contribution in [3.05, 3.63) is 62.8 Å². The first-order valence-electron chi connectivity index (χ1n) is 6.72. The van der Waals surface area contributed by atoms with Crippen LogP contribution in [0.5, 0.6) is 5.75 Å². The van der Waals surface area contributed by atoms with Gasteiger partial charge in [-0.2, -0.15) is 0 Å². The van der Waals surface area contributed by atoms with E-state index < -0.39 is 5.97 Å². The molecule has 0 fully saturated rings. The molecule has 0 aliphatic carbocycles. The van der Waals surface area contributed by atoms with Crippen molar-refractivity contribution in [3.8, 4) is 5.75 Å². The van der Waals surface area contributed by atoms with Crippen LogP contribution >= 0.6 is 27.3 Å². The monoisotopic (exact) mass is 390 g/mol. The van der Waals surface area contributed by atoms with E-state index >= 15 is 0 Å². The molecule has 3 aromatic rings. The van der Waals surface area contributed by atoms with Gasteiger partial charge >= 0.3 is 5.97 Å². The molecule has 0 aliphatic heterocycles. The maximum atomic E-state index is 12.1. The molecule has 0 saturated heterocycles. The Hall–Kier alpha value is -2.18. The van der Waals surface area contributed by atoms with Gasteiger partial charge in [0.1, 0.15) is 11.3 Å².